The monoisotopic (exact) mass is 433 g/mol. The number of aryl methyl sites for hydroxylation is 1. The Hall–Kier alpha value is -2.77. The number of alkyl halides is 3. The van der Waals surface area contributed by atoms with Gasteiger partial charge >= 0.3 is 6.18 Å². The van der Waals surface area contributed by atoms with Gasteiger partial charge in [0.05, 0.1) is 24.3 Å². The Balaban J connectivity index is 1.62. The van der Waals surface area contributed by atoms with Gasteiger partial charge in [0.15, 0.2) is 0 Å². The molecule has 1 amide bonds. The standard InChI is InChI=1S/C23H26F3N3O2/c1-15-9-10-19(31-2)20-17(15)7-5-13-29(20)22(30)16-6-4-12-28(14-16)21-18(23(24,25)26)8-3-11-27-21/h3,8-11,16H,4-7,12-14H2,1-2H3. The van der Waals surface area contributed by atoms with Crippen molar-refractivity contribution in [3.8, 4) is 5.75 Å². The highest BCUT2D eigenvalue weighted by Crippen LogP contribution is 2.40. The molecule has 1 unspecified atom stereocenters. The molecule has 5 nitrogen and oxygen atoms in total. The van der Waals surface area contributed by atoms with Crippen molar-refractivity contribution in [3.05, 3.63) is 47.2 Å². The minimum absolute atomic E-state index is 0.0564. The zero-order chi connectivity index (χ0) is 22.2. The lowest BCUT2D eigenvalue weighted by Crippen LogP contribution is -2.47. The van der Waals surface area contributed by atoms with Gasteiger partial charge < -0.3 is 14.5 Å². The Morgan fingerprint density at radius 2 is 2.00 bits per heavy atom. The fourth-order valence-corrected chi connectivity index (χ4v) is 4.70. The highest BCUT2D eigenvalue weighted by Gasteiger charge is 2.39. The second kappa shape index (κ2) is 8.40. The van der Waals surface area contributed by atoms with Gasteiger partial charge in [-0.15, -0.1) is 0 Å². The summed E-state index contributed by atoms with van der Waals surface area (Å²) in [5.41, 5.74) is 2.27. The van der Waals surface area contributed by atoms with Crippen LogP contribution in [0.4, 0.5) is 24.7 Å². The van der Waals surface area contributed by atoms with Crippen molar-refractivity contribution in [1.29, 1.82) is 0 Å². The number of piperidine rings is 1. The van der Waals surface area contributed by atoms with Crippen LogP contribution in [0.15, 0.2) is 30.5 Å². The number of pyridine rings is 1. The minimum Gasteiger partial charge on any atom is -0.495 e. The fourth-order valence-electron chi connectivity index (χ4n) is 4.70. The lowest BCUT2D eigenvalue weighted by atomic mass is 9.92. The quantitative estimate of drug-likeness (QED) is 0.709. The highest BCUT2D eigenvalue weighted by molar-refractivity contribution is 5.98. The number of anilines is 2. The van der Waals surface area contributed by atoms with E-state index in [1.165, 1.54) is 12.3 Å². The van der Waals surface area contributed by atoms with E-state index in [1.54, 1.807) is 16.9 Å². The first-order valence-electron chi connectivity index (χ1n) is 10.6. The van der Waals surface area contributed by atoms with Gasteiger partial charge in [0.1, 0.15) is 11.6 Å². The van der Waals surface area contributed by atoms with Gasteiger partial charge in [0, 0.05) is 25.8 Å². The van der Waals surface area contributed by atoms with Crippen LogP contribution in [0.1, 0.15) is 36.0 Å². The van der Waals surface area contributed by atoms with E-state index >= 15 is 0 Å². The molecule has 0 radical (unpaired) electrons. The van der Waals surface area contributed by atoms with Crippen LogP contribution in [0.3, 0.4) is 0 Å². The highest BCUT2D eigenvalue weighted by atomic mass is 19.4. The maximum Gasteiger partial charge on any atom is 0.419 e. The number of aromatic nitrogens is 1. The van der Waals surface area contributed by atoms with Crippen LogP contribution < -0.4 is 14.5 Å². The van der Waals surface area contributed by atoms with Crippen LogP contribution in [0.2, 0.25) is 0 Å². The van der Waals surface area contributed by atoms with Crippen LogP contribution in [-0.4, -0.2) is 37.6 Å². The van der Waals surface area contributed by atoms with Crippen molar-refractivity contribution in [2.75, 3.05) is 36.5 Å². The molecule has 0 bridgehead atoms. The number of ether oxygens (including phenoxy) is 1. The zero-order valence-electron chi connectivity index (χ0n) is 17.7. The molecular formula is C23H26F3N3O2. The van der Waals surface area contributed by atoms with Crippen LogP contribution in [-0.2, 0) is 17.4 Å². The molecule has 0 saturated carbocycles. The number of benzene rings is 1. The van der Waals surface area contributed by atoms with E-state index in [2.05, 4.69) is 4.98 Å². The van der Waals surface area contributed by atoms with Gasteiger partial charge in [0.2, 0.25) is 5.91 Å². The molecule has 0 aliphatic carbocycles. The molecule has 2 aromatic rings. The Labute approximate surface area is 179 Å². The first-order valence-corrected chi connectivity index (χ1v) is 10.6. The molecule has 166 valence electrons. The van der Waals surface area contributed by atoms with Crippen LogP contribution in [0.25, 0.3) is 0 Å². The number of fused-ring (bicyclic) bond motifs is 1. The molecule has 1 fully saturated rings. The van der Waals surface area contributed by atoms with Gasteiger partial charge in [-0.2, -0.15) is 13.2 Å². The Morgan fingerprint density at radius 1 is 1.19 bits per heavy atom. The first kappa shape index (κ1) is 21.5. The summed E-state index contributed by atoms with van der Waals surface area (Å²) in [4.78, 5) is 21.0. The number of carbonyl (C=O) groups excluding carboxylic acids is 1. The SMILES string of the molecule is COc1ccc(C)c2c1N(C(=O)C1CCCN(c3ncccc3C(F)(F)F)C1)CCC2. The summed E-state index contributed by atoms with van der Waals surface area (Å²) in [6, 6.07) is 6.20. The van der Waals surface area contributed by atoms with Crippen molar-refractivity contribution in [3.63, 3.8) is 0 Å². The number of amides is 1. The van der Waals surface area contributed by atoms with Gasteiger partial charge in [0.25, 0.3) is 0 Å². The average molecular weight is 433 g/mol. The smallest absolute Gasteiger partial charge is 0.419 e. The minimum atomic E-state index is -4.49. The van der Waals surface area contributed by atoms with Crippen molar-refractivity contribution < 1.29 is 22.7 Å². The average Bonchev–Trinajstić information content (AvgIpc) is 2.78. The van der Waals surface area contributed by atoms with E-state index in [9.17, 15) is 18.0 Å². The van der Waals surface area contributed by atoms with Crippen molar-refractivity contribution >= 4 is 17.4 Å². The molecule has 1 aromatic heterocycles. The third-order valence-corrected chi connectivity index (χ3v) is 6.21. The van der Waals surface area contributed by atoms with Crippen molar-refractivity contribution in [1.82, 2.24) is 4.98 Å². The summed E-state index contributed by atoms with van der Waals surface area (Å²) in [6.45, 7) is 3.27. The Morgan fingerprint density at radius 3 is 2.74 bits per heavy atom. The van der Waals surface area contributed by atoms with Crippen molar-refractivity contribution in [2.24, 2.45) is 5.92 Å². The molecule has 1 aromatic carbocycles. The molecule has 4 rings (SSSR count). The molecule has 31 heavy (non-hydrogen) atoms. The van der Waals surface area contributed by atoms with E-state index in [-0.39, 0.29) is 18.3 Å². The largest absolute Gasteiger partial charge is 0.495 e. The predicted octanol–water partition coefficient (Wildman–Crippen LogP) is 4.61. The number of methoxy groups -OCH3 is 1. The van der Waals surface area contributed by atoms with E-state index < -0.39 is 17.7 Å². The van der Waals surface area contributed by atoms with E-state index in [4.69, 9.17) is 4.74 Å². The lowest BCUT2D eigenvalue weighted by molar-refractivity contribution is -0.137. The molecule has 1 atom stereocenters. The lowest BCUT2D eigenvalue weighted by Gasteiger charge is -2.38. The molecule has 8 heteroatoms. The number of hydrogen-bond acceptors (Lipinski definition) is 4. The van der Waals surface area contributed by atoms with Crippen LogP contribution in [0.5, 0.6) is 5.75 Å². The molecule has 2 aliphatic heterocycles. The second-order valence-corrected chi connectivity index (χ2v) is 8.16. The normalized spacial score (nSPS) is 19.2. The zero-order valence-corrected chi connectivity index (χ0v) is 17.7. The Kier molecular flexibility index (Phi) is 5.81. The predicted molar refractivity (Wildman–Crippen MR) is 113 cm³/mol. The number of carbonyl (C=O) groups is 1. The van der Waals surface area contributed by atoms with Crippen molar-refractivity contribution in [2.45, 2.75) is 38.8 Å². The summed E-state index contributed by atoms with van der Waals surface area (Å²) >= 11 is 0. The van der Waals surface area contributed by atoms with Gasteiger partial charge in [-0.1, -0.05) is 6.07 Å². The third kappa shape index (κ3) is 4.07. The summed E-state index contributed by atoms with van der Waals surface area (Å²) < 4.78 is 46.0. The van der Waals surface area contributed by atoms with Crippen LogP contribution in [0, 0.1) is 12.8 Å². The first-order chi connectivity index (χ1) is 14.8. The summed E-state index contributed by atoms with van der Waals surface area (Å²) in [6.07, 6.45) is -0.120. The maximum absolute atomic E-state index is 13.6. The molecule has 2 aliphatic rings. The molecule has 1 saturated heterocycles. The maximum atomic E-state index is 13.6. The number of rotatable bonds is 3. The van der Waals surface area contributed by atoms with E-state index in [0.29, 0.717) is 31.7 Å². The third-order valence-electron chi connectivity index (χ3n) is 6.21. The van der Waals surface area contributed by atoms with Gasteiger partial charge in [-0.3, -0.25) is 4.79 Å². The van der Waals surface area contributed by atoms with Crippen LogP contribution >= 0.6 is 0 Å². The second-order valence-electron chi connectivity index (χ2n) is 8.16. The topological polar surface area (TPSA) is 45.7 Å². The van der Waals surface area contributed by atoms with E-state index in [1.807, 2.05) is 19.1 Å². The van der Waals surface area contributed by atoms with Gasteiger partial charge in [-0.05, 0) is 61.9 Å². The number of halogens is 3. The number of hydrogen-bond donors (Lipinski definition) is 0. The molecule has 0 spiro atoms. The molecular weight excluding hydrogens is 407 g/mol. The molecule has 0 N–H and O–H groups in total. The van der Waals surface area contributed by atoms with Gasteiger partial charge in [-0.25, -0.2) is 4.98 Å². The fraction of sp³-hybridized carbons (Fsp3) is 0.478. The summed E-state index contributed by atoms with van der Waals surface area (Å²) in [5.74, 6) is 0.109. The molecule has 3 heterocycles. The number of nitrogens with zero attached hydrogens (tertiary/aromatic N) is 3. The summed E-state index contributed by atoms with van der Waals surface area (Å²) in [7, 11) is 1.59. The Bertz CT molecular complexity index is 977. The summed E-state index contributed by atoms with van der Waals surface area (Å²) in [5, 5.41) is 0. The van der Waals surface area contributed by atoms with E-state index in [0.717, 1.165) is 35.7 Å².